The van der Waals surface area contributed by atoms with Crippen molar-refractivity contribution in [3.05, 3.63) is 48.3 Å². The first-order valence-corrected chi connectivity index (χ1v) is 11.0. The molecule has 1 aromatic heterocycles. The summed E-state index contributed by atoms with van der Waals surface area (Å²) in [5.74, 6) is -0.354. The van der Waals surface area contributed by atoms with Gasteiger partial charge in [-0.05, 0) is 30.9 Å². The summed E-state index contributed by atoms with van der Waals surface area (Å²) in [5, 5.41) is 8.63. The molecule has 0 radical (unpaired) electrons. The van der Waals surface area contributed by atoms with Crippen molar-refractivity contribution in [1.82, 2.24) is 4.98 Å². The number of para-hydroxylation sites is 1. The van der Waals surface area contributed by atoms with Gasteiger partial charge in [0.25, 0.3) is 5.91 Å². The second-order valence-electron chi connectivity index (χ2n) is 7.49. The van der Waals surface area contributed by atoms with E-state index in [0.29, 0.717) is 18.1 Å². The number of aromatic nitrogens is 1. The van der Waals surface area contributed by atoms with Crippen molar-refractivity contribution in [1.29, 1.82) is 0 Å². The van der Waals surface area contributed by atoms with E-state index >= 15 is 0 Å². The van der Waals surface area contributed by atoms with Crippen LogP contribution in [0.15, 0.2) is 42.6 Å². The summed E-state index contributed by atoms with van der Waals surface area (Å²) in [7, 11) is 1.38. The molecule has 0 spiro atoms. The van der Waals surface area contributed by atoms with E-state index in [4.69, 9.17) is 25.1 Å². The third-order valence-electron chi connectivity index (χ3n) is 4.10. The summed E-state index contributed by atoms with van der Waals surface area (Å²) in [6, 6.07) is 10.2. The lowest BCUT2D eigenvalue weighted by atomic mass is 10.0. The molecule has 9 nitrogen and oxygen atoms in total. The average molecular weight is 477 g/mol. The van der Waals surface area contributed by atoms with E-state index in [1.54, 1.807) is 24.3 Å². The average Bonchev–Trinajstić information content (AvgIpc) is 2.79. The number of nitrogens with two attached hydrogens (primary N) is 1. The Morgan fingerprint density at radius 2 is 1.71 bits per heavy atom. The van der Waals surface area contributed by atoms with E-state index in [0.717, 1.165) is 12.8 Å². The Kier molecular flexibility index (Phi) is 15.1. The number of primary amides is 1. The first-order valence-electron chi connectivity index (χ1n) is 11.0. The van der Waals surface area contributed by atoms with Crippen LogP contribution >= 0.6 is 0 Å². The first-order chi connectivity index (χ1) is 16.0. The SMILES string of the molecule is CCC(=O)OC(CC)CC(C)C.COc1ccnc(C(N)=O)c1OC(C)=O.Oc1ccccc1. The molecule has 9 heteroatoms. The van der Waals surface area contributed by atoms with E-state index < -0.39 is 11.9 Å². The zero-order valence-electron chi connectivity index (χ0n) is 20.7. The monoisotopic (exact) mass is 476 g/mol. The standard InChI is InChI=1S/C10H20O2.C9H10N2O4.C6H6O/c1-5-9(7-8(3)4)12-10(11)6-2;1-5(12)15-8-6(14-2)3-4-11-7(8)9(10)13;7-6-4-2-1-3-5-6/h8-9H,5-7H2,1-4H3;3-4H,1-2H3,(H2,10,13);1-5,7H. The van der Waals surface area contributed by atoms with Crippen molar-refractivity contribution in [3.63, 3.8) is 0 Å². The van der Waals surface area contributed by atoms with E-state index in [-0.39, 0.29) is 29.3 Å². The highest BCUT2D eigenvalue weighted by Gasteiger charge is 2.18. The van der Waals surface area contributed by atoms with Crippen molar-refractivity contribution in [2.45, 2.75) is 60.0 Å². The van der Waals surface area contributed by atoms with Crippen molar-refractivity contribution < 1.29 is 33.7 Å². The van der Waals surface area contributed by atoms with Crippen LogP contribution < -0.4 is 15.2 Å². The highest BCUT2D eigenvalue weighted by atomic mass is 16.6. The highest BCUT2D eigenvalue weighted by Crippen LogP contribution is 2.29. The number of phenolic OH excluding ortho intramolecular Hbond substituents is 1. The van der Waals surface area contributed by atoms with Gasteiger partial charge in [-0.25, -0.2) is 4.98 Å². The van der Waals surface area contributed by atoms with Crippen LogP contribution in [0.1, 0.15) is 64.4 Å². The maximum atomic E-state index is 11.0. The van der Waals surface area contributed by atoms with Gasteiger partial charge in [-0.2, -0.15) is 0 Å². The van der Waals surface area contributed by atoms with Crippen LogP contribution in [-0.4, -0.2) is 41.2 Å². The van der Waals surface area contributed by atoms with Crippen LogP contribution in [0.5, 0.6) is 17.2 Å². The quantitative estimate of drug-likeness (QED) is 0.539. The zero-order valence-corrected chi connectivity index (χ0v) is 20.7. The fourth-order valence-corrected chi connectivity index (χ4v) is 2.53. The number of carbonyl (C=O) groups is 3. The van der Waals surface area contributed by atoms with Crippen LogP contribution in [0.25, 0.3) is 0 Å². The summed E-state index contributed by atoms with van der Waals surface area (Å²) in [6.45, 7) is 9.36. The molecule has 0 aliphatic carbocycles. The molecule has 1 unspecified atom stereocenters. The van der Waals surface area contributed by atoms with E-state index in [2.05, 4.69) is 25.8 Å². The number of hydrogen-bond acceptors (Lipinski definition) is 8. The second-order valence-corrected chi connectivity index (χ2v) is 7.49. The molecule has 1 heterocycles. The number of pyridine rings is 1. The minimum atomic E-state index is -0.787. The summed E-state index contributed by atoms with van der Waals surface area (Å²) < 4.78 is 14.9. The van der Waals surface area contributed by atoms with Crippen molar-refractivity contribution >= 4 is 17.8 Å². The lowest BCUT2D eigenvalue weighted by Crippen LogP contribution is -2.18. The molecule has 0 fully saturated rings. The molecule has 0 saturated heterocycles. The summed E-state index contributed by atoms with van der Waals surface area (Å²) in [6.07, 6.45) is 3.84. The maximum Gasteiger partial charge on any atom is 0.308 e. The Morgan fingerprint density at radius 3 is 2.09 bits per heavy atom. The number of phenols is 1. The fraction of sp³-hybridized carbons (Fsp3) is 0.440. The third-order valence-corrected chi connectivity index (χ3v) is 4.10. The number of carbonyl (C=O) groups excluding carboxylic acids is 3. The summed E-state index contributed by atoms with van der Waals surface area (Å²) in [4.78, 5) is 36.4. The molecule has 2 aromatic rings. The molecule has 0 aliphatic heterocycles. The van der Waals surface area contributed by atoms with E-state index in [1.807, 2.05) is 13.0 Å². The Morgan fingerprint density at radius 1 is 1.09 bits per heavy atom. The number of hydrogen-bond donors (Lipinski definition) is 2. The molecular weight excluding hydrogens is 440 g/mol. The zero-order chi connectivity index (χ0) is 26.1. The van der Waals surface area contributed by atoms with Crippen molar-refractivity contribution in [2.75, 3.05) is 7.11 Å². The molecule has 0 aliphatic rings. The predicted octanol–water partition coefficient (Wildman–Crippen LogP) is 4.27. The van der Waals surface area contributed by atoms with Crippen LogP contribution in [0.2, 0.25) is 0 Å². The maximum absolute atomic E-state index is 11.0. The summed E-state index contributed by atoms with van der Waals surface area (Å²) in [5.41, 5.74) is 4.93. The van der Waals surface area contributed by atoms with Gasteiger partial charge < -0.3 is 25.1 Å². The Hall–Kier alpha value is -3.62. The number of rotatable bonds is 8. The van der Waals surface area contributed by atoms with Crippen LogP contribution in [0, 0.1) is 5.92 Å². The number of ether oxygens (including phenoxy) is 3. The smallest absolute Gasteiger partial charge is 0.308 e. The molecular formula is C25H36N2O7. The molecule has 1 amide bonds. The molecule has 0 bridgehead atoms. The molecule has 1 atom stereocenters. The van der Waals surface area contributed by atoms with Gasteiger partial charge in [0.1, 0.15) is 11.9 Å². The molecule has 34 heavy (non-hydrogen) atoms. The molecule has 1 aromatic carbocycles. The minimum absolute atomic E-state index is 0.0556. The van der Waals surface area contributed by atoms with Gasteiger partial charge in [0.15, 0.2) is 11.4 Å². The van der Waals surface area contributed by atoms with Crippen molar-refractivity contribution in [2.24, 2.45) is 11.7 Å². The predicted molar refractivity (Wildman–Crippen MR) is 129 cm³/mol. The largest absolute Gasteiger partial charge is 0.508 e. The Labute approximate surface area is 201 Å². The summed E-state index contributed by atoms with van der Waals surface area (Å²) >= 11 is 0. The van der Waals surface area contributed by atoms with Gasteiger partial charge in [-0.15, -0.1) is 0 Å². The highest BCUT2D eigenvalue weighted by molar-refractivity contribution is 5.95. The number of amides is 1. The third kappa shape index (κ3) is 13.0. The number of esters is 2. The normalized spacial score (nSPS) is 10.6. The fourth-order valence-electron chi connectivity index (χ4n) is 2.53. The lowest BCUT2D eigenvalue weighted by Gasteiger charge is -2.17. The Balaban J connectivity index is 0.000000511. The van der Waals surface area contributed by atoms with Gasteiger partial charge in [0.2, 0.25) is 5.75 Å². The van der Waals surface area contributed by atoms with Crippen LogP contribution in [-0.2, 0) is 14.3 Å². The molecule has 0 saturated carbocycles. The van der Waals surface area contributed by atoms with Crippen molar-refractivity contribution in [3.8, 4) is 17.2 Å². The lowest BCUT2D eigenvalue weighted by molar-refractivity contribution is -0.149. The minimum Gasteiger partial charge on any atom is -0.508 e. The van der Waals surface area contributed by atoms with Gasteiger partial charge in [0, 0.05) is 25.6 Å². The van der Waals surface area contributed by atoms with Gasteiger partial charge in [-0.1, -0.05) is 45.9 Å². The van der Waals surface area contributed by atoms with Gasteiger partial charge in [-0.3, -0.25) is 14.4 Å². The van der Waals surface area contributed by atoms with E-state index in [1.165, 1.54) is 26.3 Å². The molecule has 188 valence electrons. The van der Waals surface area contributed by atoms with Crippen LogP contribution in [0.4, 0.5) is 0 Å². The number of benzene rings is 1. The molecule has 3 N–H and O–H groups in total. The number of methoxy groups -OCH3 is 1. The van der Waals surface area contributed by atoms with Gasteiger partial charge >= 0.3 is 11.9 Å². The van der Waals surface area contributed by atoms with Crippen LogP contribution in [0.3, 0.4) is 0 Å². The first kappa shape index (κ1) is 30.4. The second kappa shape index (κ2) is 16.9. The van der Waals surface area contributed by atoms with E-state index in [9.17, 15) is 14.4 Å². The van der Waals surface area contributed by atoms with Gasteiger partial charge in [0.05, 0.1) is 7.11 Å². The molecule has 2 rings (SSSR count). The number of nitrogens with zero attached hydrogens (tertiary/aromatic N) is 1. The number of aromatic hydroxyl groups is 1. The Bertz CT molecular complexity index is 886. The topological polar surface area (TPSA) is 138 Å².